The van der Waals surface area contributed by atoms with Gasteiger partial charge < -0.3 is 18.9 Å². The van der Waals surface area contributed by atoms with E-state index in [2.05, 4.69) is 0 Å². The molecule has 3 aromatic carbocycles. The molecule has 4 atom stereocenters. The minimum absolute atomic E-state index is 0.265. The van der Waals surface area contributed by atoms with Crippen LogP contribution in [-0.2, 0) is 38.8 Å². The van der Waals surface area contributed by atoms with Crippen LogP contribution in [-0.4, -0.2) is 36.4 Å². The lowest BCUT2D eigenvalue weighted by Gasteiger charge is -2.40. The predicted octanol–water partition coefficient (Wildman–Crippen LogP) is 4.83. The SMILES string of the molecule is O=[N+]([O-])C[C@H]1[CH]O[C@H](COCc2ccccc2)[C@@H](OCc2ccccc2)[C@@H]1OCc1ccccc1. The van der Waals surface area contributed by atoms with Gasteiger partial charge in [-0.3, -0.25) is 10.1 Å². The van der Waals surface area contributed by atoms with Gasteiger partial charge in [0, 0.05) is 4.92 Å². The number of hydrogen-bond donors (Lipinski definition) is 0. The molecule has 35 heavy (non-hydrogen) atoms. The Labute approximate surface area is 205 Å². The Morgan fingerprint density at radius 3 is 1.71 bits per heavy atom. The molecule has 0 bridgehead atoms. The van der Waals surface area contributed by atoms with Crippen LogP contribution in [0.3, 0.4) is 0 Å². The summed E-state index contributed by atoms with van der Waals surface area (Å²) in [5.74, 6) is -0.556. The molecule has 4 rings (SSSR count). The van der Waals surface area contributed by atoms with Crippen LogP contribution in [0.15, 0.2) is 91.0 Å². The number of ether oxygens (including phenoxy) is 4. The smallest absolute Gasteiger partial charge is 0.211 e. The molecule has 0 aliphatic carbocycles. The third kappa shape index (κ3) is 7.70. The van der Waals surface area contributed by atoms with E-state index in [1.165, 1.54) is 6.61 Å². The van der Waals surface area contributed by atoms with E-state index in [0.717, 1.165) is 16.7 Å². The highest BCUT2D eigenvalue weighted by Gasteiger charge is 2.44. The minimum Gasteiger partial charge on any atom is -0.374 e. The predicted molar refractivity (Wildman–Crippen MR) is 131 cm³/mol. The van der Waals surface area contributed by atoms with Gasteiger partial charge in [-0.2, -0.15) is 0 Å². The molecule has 0 N–H and O–H groups in total. The Morgan fingerprint density at radius 2 is 1.20 bits per heavy atom. The second-order valence-corrected chi connectivity index (χ2v) is 8.51. The highest BCUT2D eigenvalue weighted by atomic mass is 16.6. The van der Waals surface area contributed by atoms with E-state index < -0.39 is 24.2 Å². The lowest BCUT2D eigenvalue weighted by atomic mass is 9.91. The molecule has 7 heteroatoms. The molecular weight excluding hydrogens is 446 g/mol. The van der Waals surface area contributed by atoms with Gasteiger partial charge in [0.25, 0.3) is 0 Å². The molecule has 183 valence electrons. The van der Waals surface area contributed by atoms with Crippen LogP contribution >= 0.6 is 0 Å². The van der Waals surface area contributed by atoms with E-state index in [9.17, 15) is 10.1 Å². The number of rotatable bonds is 12. The molecule has 0 saturated carbocycles. The summed E-state index contributed by atoms with van der Waals surface area (Å²) in [5.41, 5.74) is 3.04. The Balaban J connectivity index is 1.49. The summed E-state index contributed by atoms with van der Waals surface area (Å²) >= 11 is 0. The maximum atomic E-state index is 11.4. The van der Waals surface area contributed by atoms with Crippen molar-refractivity contribution in [3.63, 3.8) is 0 Å². The topological polar surface area (TPSA) is 80.1 Å². The normalized spacial score (nSPS) is 22.1. The van der Waals surface area contributed by atoms with Gasteiger partial charge in [-0.05, 0) is 16.7 Å². The Hall–Kier alpha value is -3.10. The van der Waals surface area contributed by atoms with Gasteiger partial charge >= 0.3 is 0 Å². The van der Waals surface area contributed by atoms with Crippen molar-refractivity contribution in [2.75, 3.05) is 13.2 Å². The second-order valence-electron chi connectivity index (χ2n) is 8.51. The zero-order valence-electron chi connectivity index (χ0n) is 19.5. The lowest BCUT2D eigenvalue weighted by Crippen LogP contribution is -2.54. The highest BCUT2D eigenvalue weighted by Crippen LogP contribution is 2.30. The highest BCUT2D eigenvalue weighted by molar-refractivity contribution is 5.15. The van der Waals surface area contributed by atoms with Crippen molar-refractivity contribution in [3.05, 3.63) is 124 Å². The van der Waals surface area contributed by atoms with E-state index in [1.807, 2.05) is 91.0 Å². The first kappa shape index (κ1) is 25.0. The molecule has 0 spiro atoms. The maximum absolute atomic E-state index is 11.4. The summed E-state index contributed by atoms with van der Waals surface area (Å²) < 4.78 is 24.5. The summed E-state index contributed by atoms with van der Waals surface area (Å²) in [5, 5.41) is 11.4. The monoisotopic (exact) mass is 476 g/mol. The van der Waals surface area contributed by atoms with E-state index in [0.29, 0.717) is 19.8 Å². The van der Waals surface area contributed by atoms with Gasteiger partial charge in [0.05, 0.1) is 45.1 Å². The summed E-state index contributed by atoms with van der Waals surface area (Å²) in [6.45, 7) is 2.57. The zero-order valence-corrected chi connectivity index (χ0v) is 19.5. The molecule has 1 radical (unpaired) electrons. The van der Waals surface area contributed by atoms with E-state index in [-0.39, 0.29) is 18.1 Å². The largest absolute Gasteiger partial charge is 0.374 e. The van der Waals surface area contributed by atoms with Crippen LogP contribution in [0.4, 0.5) is 0 Å². The number of nitro groups is 1. The van der Waals surface area contributed by atoms with Crippen LogP contribution in [0.1, 0.15) is 16.7 Å². The van der Waals surface area contributed by atoms with Crippen molar-refractivity contribution >= 4 is 0 Å². The summed E-state index contributed by atoms with van der Waals surface area (Å²) in [6, 6.07) is 29.4. The Morgan fingerprint density at radius 1 is 0.714 bits per heavy atom. The molecule has 3 aromatic rings. The van der Waals surface area contributed by atoms with E-state index >= 15 is 0 Å². The fourth-order valence-corrected chi connectivity index (χ4v) is 4.09. The first-order chi connectivity index (χ1) is 17.2. The van der Waals surface area contributed by atoms with Crippen LogP contribution in [0.2, 0.25) is 0 Å². The van der Waals surface area contributed by atoms with Gasteiger partial charge in [0.15, 0.2) is 0 Å². The Bertz CT molecular complexity index is 1020. The average molecular weight is 477 g/mol. The molecule has 1 saturated heterocycles. The van der Waals surface area contributed by atoms with Crippen molar-refractivity contribution in [2.45, 2.75) is 38.1 Å². The van der Waals surface area contributed by atoms with Gasteiger partial charge in [-0.15, -0.1) is 0 Å². The van der Waals surface area contributed by atoms with Crippen molar-refractivity contribution < 1.29 is 23.9 Å². The second kappa shape index (κ2) is 13.1. The first-order valence-corrected chi connectivity index (χ1v) is 11.7. The zero-order chi connectivity index (χ0) is 24.3. The molecular formula is C28H30NO6. The van der Waals surface area contributed by atoms with Crippen molar-refractivity contribution in [1.82, 2.24) is 0 Å². The fourth-order valence-electron chi connectivity index (χ4n) is 4.09. The van der Waals surface area contributed by atoms with Gasteiger partial charge in [-0.1, -0.05) is 91.0 Å². The van der Waals surface area contributed by atoms with Gasteiger partial charge in [0.1, 0.15) is 12.2 Å². The van der Waals surface area contributed by atoms with Crippen LogP contribution in [0, 0.1) is 22.6 Å². The molecule has 1 heterocycles. The molecule has 1 aliphatic rings. The van der Waals surface area contributed by atoms with E-state index in [4.69, 9.17) is 18.9 Å². The lowest BCUT2D eigenvalue weighted by molar-refractivity contribution is -0.492. The molecule has 1 aliphatic heterocycles. The number of nitrogens with zero attached hydrogens (tertiary/aromatic N) is 1. The van der Waals surface area contributed by atoms with Crippen LogP contribution < -0.4 is 0 Å². The Kier molecular flexibility index (Phi) is 9.37. The molecule has 0 unspecified atom stereocenters. The fraction of sp³-hybridized carbons (Fsp3) is 0.321. The summed E-state index contributed by atoms with van der Waals surface area (Å²) in [4.78, 5) is 11.0. The molecule has 7 nitrogen and oxygen atoms in total. The third-order valence-corrected chi connectivity index (χ3v) is 5.86. The van der Waals surface area contributed by atoms with Crippen molar-refractivity contribution in [2.24, 2.45) is 5.92 Å². The maximum Gasteiger partial charge on any atom is 0.211 e. The number of hydrogen-bond acceptors (Lipinski definition) is 6. The summed E-state index contributed by atoms with van der Waals surface area (Å²) in [7, 11) is 0. The molecule has 0 aromatic heterocycles. The minimum atomic E-state index is -0.566. The standard InChI is InChI=1S/C28H30NO6/c30-29(31)16-25-20-33-26(21-32-17-22-10-4-1-5-11-22)28(35-19-24-14-8-3-9-15-24)27(25)34-18-23-12-6-2-7-13-23/h1-15,20,25-28H,16-19,21H2/t25-,26+,27+,28+/m0/s1. The quantitative estimate of drug-likeness (QED) is 0.275. The number of benzene rings is 3. The van der Waals surface area contributed by atoms with Crippen LogP contribution in [0.5, 0.6) is 0 Å². The first-order valence-electron chi connectivity index (χ1n) is 11.7. The van der Waals surface area contributed by atoms with Crippen LogP contribution in [0.25, 0.3) is 0 Å². The molecule has 0 amide bonds. The summed E-state index contributed by atoms with van der Waals surface area (Å²) in [6.07, 6.45) is -1.58. The van der Waals surface area contributed by atoms with Gasteiger partial charge in [-0.25, -0.2) is 0 Å². The third-order valence-electron chi connectivity index (χ3n) is 5.86. The van der Waals surface area contributed by atoms with Gasteiger partial charge in [0.2, 0.25) is 6.54 Å². The van der Waals surface area contributed by atoms with Crippen molar-refractivity contribution in [1.29, 1.82) is 0 Å². The van der Waals surface area contributed by atoms with E-state index in [1.54, 1.807) is 0 Å². The average Bonchev–Trinajstić information content (AvgIpc) is 2.89. The molecule has 1 fully saturated rings. The van der Waals surface area contributed by atoms with Crippen molar-refractivity contribution in [3.8, 4) is 0 Å².